The van der Waals surface area contributed by atoms with Crippen LogP contribution >= 0.6 is 0 Å². The van der Waals surface area contributed by atoms with Crippen LogP contribution in [0.4, 0.5) is 10.5 Å². The van der Waals surface area contributed by atoms with Crippen molar-refractivity contribution in [2.45, 2.75) is 38.8 Å². The summed E-state index contributed by atoms with van der Waals surface area (Å²) in [6.07, 6.45) is -0.314. The van der Waals surface area contributed by atoms with Gasteiger partial charge in [-0.25, -0.2) is 9.59 Å². The van der Waals surface area contributed by atoms with Crippen molar-refractivity contribution < 1.29 is 19.1 Å². The van der Waals surface area contributed by atoms with Crippen LogP contribution in [-0.4, -0.2) is 37.9 Å². The first-order valence-corrected chi connectivity index (χ1v) is 7.09. The number of hydrogen-bond acceptors (Lipinski definition) is 5. The molecule has 0 heterocycles. The highest BCUT2D eigenvalue weighted by Crippen LogP contribution is 2.12. The van der Waals surface area contributed by atoms with E-state index in [1.54, 1.807) is 20.8 Å². The number of esters is 1. The van der Waals surface area contributed by atoms with Crippen LogP contribution in [0.15, 0.2) is 24.3 Å². The summed E-state index contributed by atoms with van der Waals surface area (Å²) in [6.45, 7) is 5.28. The molecule has 6 nitrogen and oxygen atoms in total. The molecule has 0 spiro atoms. The number of carbonyl (C=O) groups is 2. The predicted molar refractivity (Wildman–Crippen MR) is 84.9 cm³/mol. The minimum atomic E-state index is -0.791. The van der Waals surface area contributed by atoms with Crippen LogP contribution in [-0.2, 0) is 20.7 Å². The zero-order valence-electron chi connectivity index (χ0n) is 13.7. The van der Waals surface area contributed by atoms with Crippen LogP contribution in [0.3, 0.4) is 0 Å². The molecular formula is C16H24N2O4. The first kappa shape index (κ1) is 17.8. The number of ether oxygens (including phenoxy) is 2. The topological polar surface area (TPSA) is 76.7 Å². The maximum Gasteiger partial charge on any atom is 0.408 e. The summed E-state index contributed by atoms with van der Waals surface area (Å²) in [5.41, 5.74) is 1.25. The van der Waals surface area contributed by atoms with E-state index in [9.17, 15) is 9.59 Å². The molecule has 1 rings (SSSR count). The van der Waals surface area contributed by atoms with Crippen molar-refractivity contribution in [3.8, 4) is 0 Å². The Labute approximate surface area is 131 Å². The molecule has 0 saturated carbocycles. The van der Waals surface area contributed by atoms with Gasteiger partial charge in [-0.2, -0.15) is 0 Å². The van der Waals surface area contributed by atoms with E-state index < -0.39 is 23.7 Å². The average molecular weight is 308 g/mol. The Morgan fingerprint density at radius 2 is 1.77 bits per heavy atom. The maximum absolute atomic E-state index is 11.8. The first-order chi connectivity index (χ1) is 10.2. The van der Waals surface area contributed by atoms with Crippen LogP contribution in [0.2, 0.25) is 0 Å². The molecule has 0 aliphatic heterocycles. The van der Waals surface area contributed by atoms with Crippen molar-refractivity contribution in [1.29, 1.82) is 0 Å². The van der Waals surface area contributed by atoms with E-state index in [0.29, 0.717) is 6.42 Å². The molecule has 0 aliphatic rings. The average Bonchev–Trinajstić information content (AvgIpc) is 2.44. The summed E-state index contributed by atoms with van der Waals surface area (Å²) in [5.74, 6) is -0.511. The zero-order chi connectivity index (χ0) is 16.8. The van der Waals surface area contributed by atoms with Crippen LogP contribution in [0.25, 0.3) is 0 Å². The summed E-state index contributed by atoms with van der Waals surface area (Å²) in [4.78, 5) is 23.7. The molecule has 1 amide bonds. The van der Waals surface area contributed by atoms with E-state index in [4.69, 9.17) is 9.47 Å². The summed E-state index contributed by atoms with van der Waals surface area (Å²) >= 11 is 0. The third-order valence-corrected chi connectivity index (χ3v) is 2.86. The van der Waals surface area contributed by atoms with Gasteiger partial charge in [-0.15, -0.1) is 0 Å². The molecule has 0 radical (unpaired) electrons. The van der Waals surface area contributed by atoms with Crippen molar-refractivity contribution in [2.24, 2.45) is 0 Å². The first-order valence-electron chi connectivity index (χ1n) is 7.09. The van der Waals surface area contributed by atoms with E-state index in [1.165, 1.54) is 7.11 Å². The van der Waals surface area contributed by atoms with Crippen LogP contribution in [0, 0.1) is 0 Å². The number of anilines is 1. The van der Waals surface area contributed by atoms with Gasteiger partial charge in [0.05, 0.1) is 7.11 Å². The van der Waals surface area contributed by atoms with Crippen molar-refractivity contribution in [1.82, 2.24) is 5.32 Å². The zero-order valence-corrected chi connectivity index (χ0v) is 13.7. The van der Waals surface area contributed by atoms with Gasteiger partial charge in [-0.3, -0.25) is 0 Å². The minimum absolute atomic E-state index is 0.329. The standard InChI is InChI=1S/C16H24N2O4/c1-16(2,3)22-15(20)18-13(14(19)21-5)10-11-6-8-12(17-4)9-7-11/h6-9,13,17H,10H2,1-5H3,(H,18,20). The Hall–Kier alpha value is -2.24. The van der Waals surface area contributed by atoms with Gasteiger partial charge in [-0.05, 0) is 38.5 Å². The minimum Gasteiger partial charge on any atom is -0.467 e. The van der Waals surface area contributed by atoms with Gasteiger partial charge in [0.2, 0.25) is 0 Å². The van der Waals surface area contributed by atoms with E-state index in [0.717, 1.165) is 11.3 Å². The molecule has 22 heavy (non-hydrogen) atoms. The Bertz CT molecular complexity index is 506. The molecule has 0 saturated heterocycles. The Morgan fingerprint density at radius 1 is 1.18 bits per heavy atom. The normalized spacial score (nSPS) is 12.2. The second kappa shape index (κ2) is 7.68. The Kier molecular flexibility index (Phi) is 6.22. The lowest BCUT2D eigenvalue weighted by Crippen LogP contribution is -2.45. The third kappa shape index (κ3) is 6.03. The number of methoxy groups -OCH3 is 1. The van der Waals surface area contributed by atoms with E-state index in [2.05, 4.69) is 10.6 Å². The highest BCUT2D eigenvalue weighted by molar-refractivity contribution is 5.81. The molecule has 0 aromatic heterocycles. The van der Waals surface area contributed by atoms with Crippen molar-refractivity contribution in [2.75, 3.05) is 19.5 Å². The van der Waals surface area contributed by atoms with Gasteiger partial charge in [0.15, 0.2) is 0 Å². The summed E-state index contributed by atoms with van der Waals surface area (Å²) in [5, 5.41) is 5.57. The van der Waals surface area contributed by atoms with E-state index >= 15 is 0 Å². The highest BCUT2D eigenvalue weighted by Gasteiger charge is 2.25. The van der Waals surface area contributed by atoms with E-state index in [1.807, 2.05) is 31.3 Å². The summed E-state index contributed by atoms with van der Waals surface area (Å²) < 4.78 is 9.91. The predicted octanol–water partition coefficient (Wildman–Crippen LogP) is 2.34. The van der Waals surface area contributed by atoms with Gasteiger partial charge >= 0.3 is 12.1 Å². The van der Waals surface area contributed by atoms with Crippen LogP contribution in [0.5, 0.6) is 0 Å². The molecule has 122 valence electrons. The lowest BCUT2D eigenvalue weighted by molar-refractivity contribution is -0.143. The van der Waals surface area contributed by atoms with Crippen LogP contribution in [0.1, 0.15) is 26.3 Å². The lowest BCUT2D eigenvalue weighted by atomic mass is 10.1. The second-order valence-electron chi connectivity index (χ2n) is 5.87. The largest absolute Gasteiger partial charge is 0.467 e. The molecule has 2 N–H and O–H groups in total. The van der Waals surface area contributed by atoms with Crippen molar-refractivity contribution >= 4 is 17.7 Å². The van der Waals surface area contributed by atoms with Crippen molar-refractivity contribution in [3.63, 3.8) is 0 Å². The number of nitrogens with one attached hydrogen (secondary N) is 2. The highest BCUT2D eigenvalue weighted by atomic mass is 16.6. The third-order valence-electron chi connectivity index (χ3n) is 2.86. The number of benzene rings is 1. The number of hydrogen-bond donors (Lipinski definition) is 2. The molecule has 0 fully saturated rings. The van der Waals surface area contributed by atoms with Gasteiger partial charge in [0.25, 0.3) is 0 Å². The quantitative estimate of drug-likeness (QED) is 0.817. The number of rotatable bonds is 5. The molecule has 1 unspecified atom stereocenters. The molecule has 0 bridgehead atoms. The SMILES string of the molecule is CNc1ccc(CC(NC(=O)OC(C)(C)C)C(=O)OC)cc1. The van der Waals surface area contributed by atoms with Crippen molar-refractivity contribution in [3.05, 3.63) is 29.8 Å². The lowest BCUT2D eigenvalue weighted by Gasteiger charge is -2.22. The van der Waals surface area contributed by atoms with Gasteiger partial charge in [0.1, 0.15) is 11.6 Å². The smallest absolute Gasteiger partial charge is 0.408 e. The maximum atomic E-state index is 11.8. The molecule has 1 aromatic rings. The number of alkyl carbamates (subject to hydrolysis) is 1. The molecule has 1 atom stereocenters. The fourth-order valence-corrected chi connectivity index (χ4v) is 1.83. The second-order valence-corrected chi connectivity index (χ2v) is 5.87. The van der Waals surface area contributed by atoms with Gasteiger partial charge < -0.3 is 20.1 Å². The molecule has 0 aliphatic carbocycles. The van der Waals surface area contributed by atoms with E-state index in [-0.39, 0.29) is 0 Å². The Balaban J connectivity index is 2.75. The fraction of sp³-hybridized carbons (Fsp3) is 0.500. The number of carbonyl (C=O) groups excluding carboxylic acids is 2. The summed E-state index contributed by atoms with van der Waals surface area (Å²) in [6, 6.07) is 6.78. The molecular weight excluding hydrogens is 284 g/mol. The fourth-order valence-electron chi connectivity index (χ4n) is 1.83. The molecule has 1 aromatic carbocycles. The van der Waals surface area contributed by atoms with Gasteiger partial charge in [0, 0.05) is 19.2 Å². The monoisotopic (exact) mass is 308 g/mol. The Morgan fingerprint density at radius 3 is 2.23 bits per heavy atom. The number of amides is 1. The molecule has 6 heteroatoms. The van der Waals surface area contributed by atoms with Crippen LogP contribution < -0.4 is 10.6 Å². The summed E-state index contributed by atoms with van der Waals surface area (Å²) in [7, 11) is 3.12. The van der Waals surface area contributed by atoms with Gasteiger partial charge in [-0.1, -0.05) is 12.1 Å².